The number of rotatable bonds is 8. The minimum absolute atomic E-state index is 0.208. The largest absolute Gasteiger partial charge is 0.493 e. The van der Waals surface area contributed by atoms with E-state index in [-0.39, 0.29) is 18.2 Å². The van der Waals surface area contributed by atoms with Gasteiger partial charge < -0.3 is 14.8 Å². The first-order chi connectivity index (χ1) is 14.9. The Balaban J connectivity index is 1.94. The molecule has 8 heteroatoms. The number of allylic oxidation sites excluding steroid dienone is 1. The van der Waals surface area contributed by atoms with Gasteiger partial charge in [0.25, 0.3) is 5.91 Å². The molecule has 1 N–H and O–H groups in total. The highest BCUT2D eigenvalue weighted by molar-refractivity contribution is 6.35. The first kappa shape index (κ1) is 22.7. The van der Waals surface area contributed by atoms with Crippen LogP contribution in [0.2, 0.25) is 10.0 Å². The van der Waals surface area contributed by atoms with Gasteiger partial charge in [0.05, 0.1) is 7.11 Å². The van der Waals surface area contributed by atoms with Crippen molar-refractivity contribution >= 4 is 41.2 Å². The molecule has 2 aromatic carbocycles. The van der Waals surface area contributed by atoms with E-state index in [0.29, 0.717) is 40.1 Å². The van der Waals surface area contributed by atoms with Crippen LogP contribution in [0, 0.1) is 0 Å². The molecule has 3 rings (SSSR count). The molecule has 0 atom stereocenters. The number of hydrogen-bond acceptors (Lipinski definition) is 4. The van der Waals surface area contributed by atoms with E-state index in [9.17, 15) is 9.59 Å². The van der Waals surface area contributed by atoms with Gasteiger partial charge in [-0.3, -0.25) is 9.69 Å². The van der Waals surface area contributed by atoms with Crippen LogP contribution in [0.15, 0.2) is 48.7 Å². The normalized spacial score (nSPS) is 14.7. The number of nitrogens with one attached hydrogen (secondary N) is 1. The monoisotopic (exact) mass is 460 g/mol. The molecule has 0 aromatic heterocycles. The quantitative estimate of drug-likeness (QED) is 0.333. The summed E-state index contributed by atoms with van der Waals surface area (Å²) in [6.45, 7) is 6.06. The van der Waals surface area contributed by atoms with Crippen LogP contribution < -0.4 is 14.8 Å². The number of imide groups is 1. The van der Waals surface area contributed by atoms with Gasteiger partial charge in [0.15, 0.2) is 11.5 Å². The van der Waals surface area contributed by atoms with Crippen molar-refractivity contribution in [3.05, 3.63) is 75.4 Å². The molecule has 1 aliphatic rings. The zero-order valence-corrected chi connectivity index (χ0v) is 18.7. The summed E-state index contributed by atoms with van der Waals surface area (Å²) in [5.74, 6) is 0.669. The number of amides is 3. The van der Waals surface area contributed by atoms with Crippen LogP contribution in [-0.2, 0) is 17.8 Å². The van der Waals surface area contributed by atoms with Crippen molar-refractivity contribution < 1.29 is 19.1 Å². The van der Waals surface area contributed by atoms with Crippen molar-refractivity contribution in [1.29, 1.82) is 0 Å². The Morgan fingerprint density at radius 3 is 2.55 bits per heavy atom. The lowest BCUT2D eigenvalue weighted by Gasteiger charge is -2.16. The molecule has 3 amide bonds. The van der Waals surface area contributed by atoms with Crippen molar-refractivity contribution in [1.82, 2.24) is 10.2 Å². The van der Waals surface area contributed by atoms with Gasteiger partial charge in [-0.2, -0.15) is 0 Å². The minimum atomic E-state index is -0.433. The number of carbonyl (C=O) groups excluding carboxylic acids is 2. The molecule has 0 unspecified atom stereocenters. The molecule has 1 saturated heterocycles. The van der Waals surface area contributed by atoms with E-state index in [4.69, 9.17) is 32.7 Å². The van der Waals surface area contributed by atoms with Crippen LogP contribution in [0.5, 0.6) is 11.5 Å². The van der Waals surface area contributed by atoms with Gasteiger partial charge >= 0.3 is 6.03 Å². The van der Waals surface area contributed by atoms with Gasteiger partial charge in [0.1, 0.15) is 12.3 Å². The number of halogens is 2. The molecule has 1 heterocycles. The lowest BCUT2D eigenvalue weighted by atomic mass is 10.0. The van der Waals surface area contributed by atoms with Gasteiger partial charge in [-0.25, -0.2) is 4.79 Å². The van der Waals surface area contributed by atoms with Gasteiger partial charge in [0, 0.05) is 27.7 Å². The van der Waals surface area contributed by atoms with E-state index in [1.165, 1.54) is 7.11 Å². The van der Waals surface area contributed by atoms with Crippen molar-refractivity contribution in [3.8, 4) is 11.5 Å². The van der Waals surface area contributed by atoms with E-state index in [2.05, 4.69) is 11.9 Å². The lowest BCUT2D eigenvalue weighted by Crippen LogP contribution is -2.30. The fourth-order valence-electron chi connectivity index (χ4n) is 3.20. The molecule has 0 aliphatic carbocycles. The van der Waals surface area contributed by atoms with E-state index in [1.54, 1.807) is 43.3 Å². The highest BCUT2D eigenvalue weighted by Gasteiger charge is 2.32. The van der Waals surface area contributed by atoms with Gasteiger partial charge in [-0.1, -0.05) is 35.3 Å². The summed E-state index contributed by atoms with van der Waals surface area (Å²) in [6, 6.07) is 8.38. The molecule has 0 spiro atoms. The van der Waals surface area contributed by atoms with Crippen molar-refractivity contribution in [2.45, 2.75) is 20.0 Å². The van der Waals surface area contributed by atoms with Crippen molar-refractivity contribution in [2.75, 3.05) is 13.7 Å². The predicted molar refractivity (Wildman–Crippen MR) is 122 cm³/mol. The predicted octanol–water partition coefficient (Wildman–Crippen LogP) is 5.22. The second-order valence-corrected chi connectivity index (χ2v) is 7.61. The first-order valence-corrected chi connectivity index (χ1v) is 10.4. The number of methoxy groups -OCH3 is 1. The lowest BCUT2D eigenvalue weighted by molar-refractivity contribution is -0.122. The number of hydrogen-bond donors (Lipinski definition) is 1. The van der Waals surface area contributed by atoms with Crippen LogP contribution in [0.3, 0.4) is 0 Å². The second kappa shape index (κ2) is 9.90. The number of likely N-dealkylation sites (N-methyl/N-ethyl adjacent to an activating group) is 1. The summed E-state index contributed by atoms with van der Waals surface area (Å²) in [5, 5.41) is 3.65. The molecule has 2 aromatic rings. The van der Waals surface area contributed by atoms with Crippen LogP contribution in [0.4, 0.5) is 4.79 Å². The molecule has 0 saturated carbocycles. The Morgan fingerprint density at radius 1 is 1.16 bits per heavy atom. The number of nitrogens with zero attached hydrogens (tertiary/aromatic N) is 1. The maximum atomic E-state index is 12.4. The number of urea groups is 1. The van der Waals surface area contributed by atoms with Crippen LogP contribution in [0.25, 0.3) is 6.08 Å². The average molecular weight is 461 g/mol. The standard InChI is InChI=1S/C23H22Cl2N2O4/c1-4-6-15-9-14(10-19-22(28)27(5-2)23(29)26-19)11-20(30-3)21(15)31-13-16-7-8-17(24)12-18(16)25/h4,7-12H,1,5-6,13H2,2-3H3,(H,26,29)/b19-10+. The SMILES string of the molecule is C=CCc1cc(/C=C2/NC(=O)N(CC)C2=O)cc(OC)c1OCc1ccc(Cl)cc1Cl. The topological polar surface area (TPSA) is 67.9 Å². The molecule has 31 heavy (non-hydrogen) atoms. The summed E-state index contributed by atoms with van der Waals surface area (Å²) < 4.78 is 11.6. The fourth-order valence-corrected chi connectivity index (χ4v) is 3.67. The van der Waals surface area contributed by atoms with Crippen LogP contribution in [0.1, 0.15) is 23.6 Å². The Labute approximate surface area is 191 Å². The smallest absolute Gasteiger partial charge is 0.328 e. The number of benzene rings is 2. The highest BCUT2D eigenvalue weighted by atomic mass is 35.5. The van der Waals surface area contributed by atoms with Gasteiger partial charge in [0.2, 0.25) is 0 Å². The first-order valence-electron chi connectivity index (χ1n) is 9.61. The Hall–Kier alpha value is -2.96. The Kier molecular flexibility index (Phi) is 7.25. The average Bonchev–Trinajstić information content (AvgIpc) is 3.00. The van der Waals surface area contributed by atoms with Gasteiger partial charge in [-0.05, 0) is 49.2 Å². The summed E-state index contributed by atoms with van der Waals surface area (Å²) in [5.41, 5.74) is 2.49. The highest BCUT2D eigenvalue weighted by Crippen LogP contribution is 2.35. The Morgan fingerprint density at radius 2 is 1.94 bits per heavy atom. The molecule has 0 radical (unpaired) electrons. The molecule has 1 aliphatic heterocycles. The maximum Gasteiger partial charge on any atom is 0.328 e. The fraction of sp³-hybridized carbons (Fsp3) is 0.217. The molecule has 162 valence electrons. The van der Waals surface area contributed by atoms with E-state index in [0.717, 1.165) is 16.0 Å². The third kappa shape index (κ3) is 5.03. The van der Waals surface area contributed by atoms with Crippen molar-refractivity contribution in [2.24, 2.45) is 0 Å². The zero-order chi connectivity index (χ0) is 22.5. The molecular weight excluding hydrogens is 439 g/mol. The minimum Gasteiger partial charge on any atom is -0.493 e. The van der Waals surface area contributed by atoms with Crippen molar-refractivity contribution in [3.63, 3.8) is 0 Å². The van der Waals surface area contributed by atoms with E-state index in [1.807, 2.05) is 6.07 Å². The summed E-state index contributed by atoms with van der Waals surface area (Å²) >= 11 is 12.2. The molecule has 6 nitrogen and oxygen atoms in total. The van der Waals surface area contributed by atoms with Crippen LogP contribution in [-0.4, -0.2) is 30.5 Å². The summed E-state index contributed by atoms with van der Waals surface area (Å²) in [4.78, 5) is 25.4. The number of carbonyl (C=O) groups is 2. The van der Waals surface area contributed by atoms with E-state index < -0.39 is 6.03 Å². The van der Waals surface area contributed by atoms with Crippen LogP contribution >= 0.6 is 23.2 Å². The third-order valence-electron chi connectivity index (χ3n) is 4.71. The summed E-state index contributed by atoms with van der Waals surface area (Å²) in [6.07, 6.45) is 3.87. The molecular formula is C23H22Cl2N2O4. The van der Waals surface area contributed by atoms with E-state index >= 15 is 0 Å². The number of ether oxygens (including phenoxy) is 2. The molecule has 0 bridgehead atoms. The van der Waals surface area contributed by atoms with Gasteiger partial charge in [-0.15, -0.1) is 6.58 Å². The third-order valence-corrected chi connectivity index (χ3v) is 5.30. The zero-order valence-electron chi connectivity index (χ0n) is 17.2. The maximum absolute atomic E-state index is 12.4. The molecule has 1 fully saturated rings. The Bertz CT molecular complexity index is 1070. The second-order valence-electron chi connectivity index (χ2n) is 6.77. The summed E-state index contributed by atoms with van der Waals surface area (Å²) in [7, 11) is 1.54.